The summed E-state index contributed by atoms with van der Waals surface area (Å²) in [5.74, 6) is 1.24. The molecule has 0 aliphatic heterocycles. The quantitative estimate of drug-likeness (QED) is 0.204. The summed E-state index contributed by atoms with van der Waals surface area (Å²) < 4.78 is 0. The van der Waals surface area contributed by atoms with Gasteiger partial charge in [-0.1, -0.05) is 93.4 Å². The molecule has 7 heteroatoms. The van der Waals surface area contributed by atoms with Crippen molar-refractivity contribution in [3.8, 4) is 32.3 Å². The highest BCUT2D eigenvalue weighted by molar-refractivity contribution is 7.19. The van der Waals surface area contributed by atoms with Crippen LogP contribution in [0, 0.1) is 0 Å². The smallest absolute Gasteiger partial charge is 0.159 e. The third-order valence-corrected chi connectivity index (χ3v) is 8.05. The Labute approximate surface area is 231 Å². The second kappa shape index (κ2) is 10.8. The molecule has 0 fully saturated rings. The molecule has 37 heavy (non-hydrogen) atoms. The van der Waals surface area contributed by atoms with Crippen LogP contribution in [0.3, 0.4) is 0 Å². The molecule has 2 aromatic heterocycles. The SMILES string of the molecule is CC(C)c1cc(Cl)ccc1-c1cc(-c2nnn(Cc3ccccc3)n2)c(-c2ccc(Cl)cc2C(C)C)s1. The lowest BCUT2D eigenvalue weighted by atomic mass is 9.94. The molecule has 4 nitrogen and oxygen atoms in total. The van der Waals surface area contributed by atoms with Crippen molar-refractivity contribution >= 4 is 34.5 Å². The van der Waals surface area contributed by atoms with Gasteiger partial charge in [0.25, 0.3) is 0 Å². The van der Waals surface area contributed by atoms with E-state index in [2.05, 4.69) is 80.5 Å². The molecule has 0 saturated carbocycles. The molecule has 3 aromatic carbocycles. The van der Waals surface area contributed by atoms with Gasteiger partial charge in [0, 0.05) is 25.4 Å². The standard InChI is InChI=1S/C30H28Cl2N4S/c1-18(2)25-14-21(31)10-12-23(25)28-16-27(29(37-28)24-13-11-22(32)15-26(24)19(3)4)30-33-35-36(34-30)17-20-8-6-5-7-9-20/h5-16,18-19H,17H2,1-4H3. The fourth-order valence-corrected chi connectivity index (χ4v) is 6.12. The first-order chi connectivity index (χ1) is 17.8. The molecule has 2 heterocycles. The summed E-state index contributed by atoms with van der Waals surface area (Å²) in [6.07, 6.45) is 0. The van der Waals surface area contributed by atoms with Gasteiger partial charge in [-0.3, -0.25) is 0 Å². The summed E-state index contributed by atoms with van der Waals surface area (Å²) in [7, 11) is 0. The molecular weight excluding hydrogens is 519 g/mol. The van der Waals surface area contributed by atoms with Crippen LogP contribution in [0.5, 0.6) is 0 Å². The van der Waals surface area contributed by atoms with Crippen molar-refractivity contribution in [1.29, 1.82) is 0 Å². The predicted octanol–water partition coefficient (Wildman–Crippen LogP) is 9.34. The van der Waals surface area contributed by atoms with E-state index in [0.29, 0.717) is 24.2 Å². The first-order valence-electron chi connectivity index (χ1n) is 12.4. The summed E-state index contributed by atoms with van der Waals surface area (Å²) >= 11 is 14.5. The molecule has 0 amide bonds. The van der Waals surface area contributed by atoms with Crippen molar-refractivity contribution in [3.63, 3.8) is 0 Å². The number of nitrogens with zero attached hydrogens (tertiary/aromatic N) is 4. The lowest BCUT2D eigenvalue weighted by Gasteiger charge is -2.13. The van der Waals surface area contributed by atoms with E-state index < -0.39 is 0 Å². The summed E-state index contributed by atoms with van der Waals surface area (Å²) in [5.41, 5.74) is 6.82. The van der Waals surface area contributed by atoms with Gasteiger partial charge in [-0.15, -0.1) is 21.5 Å². The molecule has 0 N–H and O–H groups in total. The molecule has 0 radical (unpaired) electrons. The van der Waals surface area contributed by atoms with E-state index in [4.69, 9.17) is 28.3 Å². The second-order valence-electron chi connectivity index (χ2n) is 9.76. The van der Waals surface area contributed by atoms with E-state index in [-0.39, 0.29) is 0 Å². The van der Waals surface area contributed by atoms with Crippen LogP contribution in [0.15, 0.2) is 72.8 Å². The van der Waals surface area contributed by atoms with E-state index >= 15 is 0 Å². The zero-order valence-corrected chi connectivity index (χ0v) is 23.6. The molecule has 5 rings (SSSR count). The zero-order valence-electron chi connectivity index (χ0n) is 21.2. The van der Waals surface area contributed by atoms with Gasteiger partial charge >= 0.3 is 0 Å². The third-order valence-electron chi connectivity index (χ3n) is 6.37. The fraction of sp³-hybridized carbons (Fsp3) is 0.233. The maximum absolute atomic E-state index is 6.41. The highest BCUT2D eigenvalue weighted by atomic mass is 35.5. The minimum atomic E-state index is 0.301. The average Bonchev–Trinajstić information content (AvgIpc) is 3.52. The Morgan fingerprint density at radius 1 is 0.757 bits per heavy atom. The Morgan fingerprint density at radius 2 is 1.38 bits per heavy atom. The van der Waals surface area contributed by atoms with Crippen LogP contribution in [-0.4, -0.2) is 20.2 Å². The lowest BCUT2D eigenvalue weighted by Crippen LogP contribution is -2.03. The first-order valence-corrected chi connectivity index (χ1v) is 13.9. The van der Waals surface area contributed by atoms with E-state index in [1.807, 2.05) is 30.3 Å². The molecule has 0 saturated heterocycles. The maximum Gasteiger partial charge on any atom is 0.206 e. The summed E-state index contributed by atoms with van der Waals surface area (Å²) in [5, 5.41) is 15.1. The van der Waals surface area contributed by atoms with Crippen LogP contribution in [-0.2, 0) is 6.54 Å². The molecule has 5 aromatic rings. The van der Waals surface area contributed by atoms with E-state index in [1.54, 1.807) is 16.1 Å². The molecule has 0 aliphatic rings. The summed E-state index contributed by atoms with van der Waals surface area (Å²) in [4.78, 5) is 3.91. The van der Waals surface area contributed by atoms with Gasteiger partial charge in [0.15, 0.2) is 0 Å². The normalized spacial score (nSPS) is 11.6. The van der Waals surface area contributed by atoms with Crippen LogP contribution in [0.1, 0.15) is 56.2 Å². The van der Waals surface area contributed by atoms with Gasteiger partial charge in [-0.25, -0.2) is 0 Å². The van der Waals surface area contributed by atoms with E-state index in [9.17, 15) is 0 Å². The van der Waals surface area contributed by atoms with Crippen molar-refractivity contribution in [3.05, 3.63) is 99.5 Å². The van der Waals surface area contributed by atoms with Crippen LogP contribution in [0.25, 0.3) is 32.3 Å². The number of hydrogen-bond acceptors (Lipinski definition) is 4. The van der Waals surface area contributed by atoms with Crippen molar-refractivity contribution in [2.75, 3.05) is 0 Å². The number of halogens is 2. The van der Waals surface area contributed by atoms with Crippen LogP contribution in [0.4, 0.5) is 0 Å². The summed E-state index contributed by atoms with van der Waals surface area (Å²) in [6, 6.07) is 24.6. The van der Waals surface area contributed by atoms with Crippen molar-refractivity contribution in [2.24, 2.45) is 0 Å². The second-order valence-corrected chi connectivity index (χ2v) is 11.7. The molecule has 0 aliphatic carbocycles. The van der Waals surface area contributed by atoms with Gasteiger partial charge in [0.2, 0.25) is 5.82 Å². The number of tetrazole rings is 1. The number of thiophene rings is 1. The zero-order chi connectivity index (χ0) is 26.1. The Hall–Kier alpha value is -2.99. The number of hydrogen-bond donors (Lipinski definition) is 0. The Morgan fingerprint density at radius 3 is 2.03 bits per heavy atom. The van der Waals surface area contributed by atoms with Crippen molar-refractivity contribution < 1.29 is 0 Å². The van der Waals surface area contributed by atoms with Gasteiger partial charge < -0.3 is 0 Å². The van der Waals surface area contributed by atoms with Gasteiger partial charge in [0.1, 0.15) is 0 Å². The monoisotopic (exact) mass is 546 g/mol. The molecule has 188 valence electrons. The minimum Gasteiger partial charge on any atom is -0.159 e. The maximum atomic E-state index is 6.41. The molecule has 0 unspecified atom stereocenters. The highest BCUT2D eigenvalue weighted by Crippen LogP contribution is 2.46. The number of benzene rings is 3. The Kier molecular flexibility index (Phi) is 7.47. The molecular formula is C30H28Cl2N4S. The first kappa shape index (κ1) is 25.7. The third kappa shape index (κ3) is 5.49. The van der Waals surface area contributed by atoms with Crippen molar-refractivity contribution in [1.82, 2.24) is 20.2 Å². The highest BCUT2D eigenvalue weighted by Gasteiger charge is 2.22. The predicted molar refractivity (Wildman–Crippen MR) is 156 cm³/mol. The van der Waals surface area contributed by atoms with E-state index in [0.717, 1.165) is 36.5 Å². The van der Waals surface area contributed by atoms with E-state index in [1.165, 1.54) is 16.7 Å². The van der Waals surface area contributed by atoms with Gasteiger partial charge in [0.05, 0.1) is 6.54 Å². The van der Waals surface area contributed by atoms with Gasteiger partial charge in [-0.05, 0) is 75.2 Å². The van der Waals surface area contributed by atoms with Crippen LogP contribution >= 0.6 is 34.5 Å². The average molecular weight is 548 g/mol. The number of rotatable bonds is 7. The molecule has 0 spiro atoms. The van der Waals surface area contributed by atoms with Gasteiger partial charge in [-0.2, -0.15) is 4.80 Å². The van der Waals surface area contributed by atoms with Crippen LogP contribution in [0.2, 0.25) is 10.0 Å². The fourth-order valence-electron chi connectivity index (χ4n) is 4.51. The minimum absolute atomic E-state index is 0.301. The lowest BCUT2D eigenvalue weighted by molar-refractivity contribution is 0.573. The topological polar surface area (TPSA) is 43.6 Å². The van der Waals surface area contributed by atoms with Crippen molar-refractivity contribution in [2.45, 2.75) is 46.1 Å². The Bertz CT molecular complexity index is 1540. The largest absolute Gasteiger partial charge is 0.206 e. The molecule has 0 atom stereocenters. The summed E-state index contributed by atoms with van der Waals surface area (Å²) in [6.45, 7) is 9.32. The Balaban J connectivity index is 1.67. The number of aromatic nitrogens is 4. The molecule has 0 bridgehead atoms. The van der Waals surface area contributed by atoms with Crippen LogP contribution < -0.4 is 0 Å².